The zero-order valence-electron chi connectivity index (χ0n) is 8.36. The first-order valence-electron chi connectivity index (χ1n) is 4.41. The summed E-state index contributed by atoms with van der Waals surface area (Å²) in [6, 6.07) is 6.94. The molecule has 0 unspecified atom stereocenters. The van der Waals surface area contributed by atoms with Crippen LogP contribution in [-0.2, 0) is 0 Å². The summed E-state index contributed by atoms with van der Waals surface area (Å²) in [6.07, 6.45) is 2.67. The lowest BCUT2D eigenvalue weighted by Gasteiger charge is -2.00. The van der Waals surface area contributed by atoms with Crippen LogP contribution < -0.4 is 0 Å². The van der Waals surface area contributed by atoms with Gasteiger partial charge >= 0.3 is 0 Å². The number of aromatic nitrogens is 4. The van der Waals surface area contributed by atoms with Gasteiger partial charge in [0.15, 0.2) is 11.4 Å². The fourth-order valence-corrected chi connectivity index (χ4v) is 1.22. The summed E-state index contributed by atoms with van der Waals surface area (Å²) in [7, 11) is 0. The van der Waals surface area contributed by atoms with E-state index < -0.39 is 0 Å². The van der Waals surface area contributed by atoms with Crippen molar-refractivity contribution in [2.75, 3.05) is 0 Å². The quantitative estimate of drug-likeness (QED) is 0.682. The number of hydrogen-bond donors (Lipinski definition) is 0. The highest BCUT2D eigenvalue weighted by Gasteiger charge is 2.13. The van der Waals surface area contributed by atoms with Gasteiger partial charge in [0.1, 0.15) is 30.2 Å². The van der Waals surface area contributed by atoms with E-state index in [2.05, 4.69) is 15.0 Å². The van der Waals surface area contributed by atoms with Gasteiger partial charge in [0.25, 0.3) is 0 Å². The fourth-order valence-electron chi connectivity index (χ4n) is 1.22. The number of nitriles is 3. The van der Waals surface area contributed by atoms with Gasteiger partial charge in [0.2, 0.25) is 5.95 Å². The summed E-state index contributed by atoms with van der Waals surface area (Å²) < 4.78 is 1.26. The molecule has 0 saturated heterocycles. The lowest BCUT2D eigenvalue weighted by atomic mass is 10.3. The van der Waals surface area contributed by atoms with Crippen molar-refractivity contribution < 1.29 is 0 Å². The Bertz CT molecular complexity index is 693. The Balaban J connectivity index is 2.63. The molecule has 0 amide bonds. The Labute approximate surface area is 95.8 Å². The summed E-state index contributed by atoms with van der Waals surface area (Å²) >= 11 is 0. The Morgan fingerprint density at radius 2 is 1.88 bits per heavy atom. The monoisotopic (exact) mass is 221 g/mol. The zero-order valence-corrected chi connectivity index (χ0v) is 8.36. The average molecular weight is 221 g/mol. The van der Waals surface area contributed by atoms with Gasteiger partial charge in [-0.05, 0) is 6.07 Å². The highest BCUT2D eigenvalue weighted by Crippen LogP contribution is 2.09. The summed E-state index contributed by atoms with van der Waals surface area (Å²) in [4.78, 5) is 11.6. The molecule has 7 heteroatoms. The standard InChI is InChI=1S/C10H3N7/c11-3-7-1-2-14-10(16-7)17-6-15-8(4-12)9(17)5-13/h1-2,6H. The molecule has 0 fully saturated rings. The molecule has 0 radical (unpaired) electrons. The van der Waals surface area contributed by atoms with Crippen LogP contribution in [0.5, 0.6) is 0 Å². The molecule has 2 heterocycles. The molecule has 0 bridgehead atoms. The van der Waals surface area contributed by atoms with Crippen molar-refractivity contribution in [3.63, 3.8) is 0 Å². The third kappa shape index (κ3) is 1.67. The average Bonchev–Trinajstić information content (AvgIpc) is 2.81. The van der Waals surface area contributed by atoms with Gasteiger partial charge < -0.3 is 0 Å². The van der Waals surface area contributed by atoms with E-state index in [1.54, 1.807) is 6.07 Å². The van der Waals surface area contributed by atoms with E-state index >= 15 is 0 Å². The first kappa shape index (κ1) is 10.3. The Morgan fingerprint density at radius 1 is 1.06 bits per heavy atom. The minimum atomic E-state index is -0.00143. The van der Waals surface area contributed by atoms with E-state index in [0.29, 0.717) is 0 Å². The topological polar surface area (TPSA) is 115 Å². The first-order valence-corrected chi connectivity index (χ1v) is 4.41. The van der Waals surface area contributed by atoms with Crippen molar-refractivity contribution in [3.05, 3.63) is 35.7 Å². The maximum absolute atomic E-state index is 8.92. The van der Waals surface area contributed by atoms with Crippen LogP contribution in [0.25, 0.3) is 5.95 Å². The molecule has 0 atom stereocenters. The first-order chi connectivity index (χ1) is 8.30. The number of hydrogen-bond acceptors (Lipinski definition) is 6. The molecule has 0 spiro atoms. The fraction of sp³-hybridized carbons (Fsp3) is 0. The second-order valence-corrected chi connectivity index (χ2v) is 2.89. The Morgan fingerprint density at radius 3 is 2.53 bits per heavy atom. The summed E-state index contributed by atoms with van der Waals surface area (Å²) in [5, 5.41) is 26.4. The second kappa shape index (κ2) is 4.09. The minimum absolute atomic E-state index is 0.00143. The van der Waals surface area contributed by atoms with E-state index in [9.17, 15) is 0 Å². The van der Waals surface area contributed by atoms with E-state index in [1.807, 2.05) is 12.1 Å². The maximum Gasteiger partial charge on any atom is 0.237 e. The largest absolute Gasteiger partial charge is 0.257 e. The van der Waals surface area contributed by atoms with Crippen molar-refractivity contribution in [1.82, 2.24) is 19.5 Å². The molecule has 0 aliphatic heterocycles. The van der Waals surface area contributed by atoms with E-state index in [-0.39, 0.29) is 23.0 Å². The van der Waals surface area contributed by atoms with Crippen molar-refractivity contribution in [3.8, 4) is 24.2 Å². The normalized spacial score (nSPS) is 9.00. The molecule has 0 saturated carbocycles. The SMILES string of the molecule is N#Cc1ccnc(-n2cnc(C#N)c2C#N)n1. The van der Waals surface area contributed by atoms with Crippen LogP contribution in [0.15, 0.2) is 18.6 Å². The number of nitrogens with zero attached hydrogens (tertiary/aromatic N) is 7. The second-order valence-electron chi connectivity index (χ2n) is 2.89. The molecular weight excluding hydrogens is 218 g/mol. The molecule has 17 heavy (non-hydrogen) atoms. The lowest BCUT2D eigenvalue weighted by Crippen LogP contribution is -2.03. The molecule has 2 aromatic rings. The van der Waals surface area contributed by atoms with Gasteiger partial charge in [-0.3, -0.25) is 4.57 Å². The third-order valence-corrected chi connectivity index (χ3v) is 1.95. The van der Waals surface area contributed by atoms with E-state index in [4.69, 9.17) is 15.8 Å². The predicted molar refractivity (Wildman–Crippen MR) is 53.3 cm³/mol. The van der Waals surface area contributed by atoms with Gasteiger partial charge in [-0.2, -0.15) is 15.8 Å². The predicted octanol–water partition coefficient (Wildman–Crippen LogP) is 0.277. The van der Waals surface area contributed by atoms with Crippen LogP contribution in [0.3, 0.4) is 0 Å². The molecule has 7 nitrogen and oxygen atoms in total. The highest BCUT2D eigenvalue weighted by molar-refractivity contribution is 5.40. The number of imidazole rings is 1. The van der Waals surface area contributed by atoms with Crippen LogP contribution >= 0.6 is 0 Å². The molecule has 0 aliphatic carbocycles. The molecule has 2 aromatic heterocycles. The van der Waals surface area contributed by atoms with Crippen molar-refractivity contribution >= 4 is 0 Å². The third-order valence-electron chi connectivity index (χ3n) is 1.95. The zero-order chi connectivity index (χ0) is 12.3. The van der Waals surface area contributed by atoms with Crippen LogP contribution in [0, 0.1) is 34.0 Å². The van der Waals surface area contributed by atoms with Crippen molar-refractivity contribution in [2.45, 2.75) is 0 Å². The minimum Gasteiger partial charge on any atom is -0.257 e. The Hall–Kier alpha value is -3.24. The van der Waals surface area contributed by atoms with Crippen LogP contribution in [0.4, 0.5) is 0 Å². The summed E-state index contributed by atoms with van der Waals surface area (Å²) in [6.45, 7) is 0. The molecule has 0 aromatic carbocycles. The Kier molecular flexibility index (Phi) is 2.48. The maximum atomic E-state index is 8.92. The highest BCUT2D eigenvalue weighted by atomic mass is 15.2. The molecule has 0 aliphatic rings. The molecule has 2 rings (SSSR count). The van der Waals surface area contributed by atoms with E-state index in [1.165, 1.54) is 23.2 Å². The van der Waals surface area contributed by atoms with Gasteiger partial charge in [0, 0.05) is 6.20 Å². The summed E-state index contributed by atoms with van der Waals surface area (Å²) in [5.74, 6) is 0.134. The molecule has 0 N–H and O–H groups in total. The van der Waals surface area contributed by atoms with Gasteiger partial charge in [-0.25, -0.2) is 15.0 Å². The van der Waals surface area contributed by atoms with Crippen molar-refractivity contribution in [1.29, 1.82) is 15.8 Å². The van der Waals surface area contributed by atoms with Gasteiger partial charge in [-0.15, -0.1) is 0 Å². The van der Waals surface area contributed by atoms with Crippen molar-refractivity contribution in [2.24, 2.45) is 0 Å². The van der Waals surface area contributed by atoms with Crippen LogP contribution in [0.1, 0.15) is 17.1 Å². The lowest BCUT2D eigenvalue weighted by molar-refractivity contribution is 0.907. The molecular formula is C10H3N7. The summed E-state index contributed by atoms with van der Waals surface area (Å²) in [5.41, 5.74) is 0.215. The molecule has 78 valence electrons. The number of rotatable bonds is 1. The van der Waals surface area contributed by atoms with Crippen LogP contribution in [-0.4, -0.2) is 19.5 Å². The van der Waals surface area contributed by atoms with Gasteiger partial charge in [0.05, 0.1) is 0 Å². The van der Waals surface area contributed by atoms with Crippen LogP contribution in [0.2, 0.25) is 0 Å². The smallest absolute Gasteiger partial charge is 0.237 e. The van der Waals surface area contributed by atoms with E-state index in [0.717, 1.165) is 0 Å². The van der Waals surface area contributed by atoms with Gasteiger partial charge in [-0.1, -0.05) is 0 Å².